The molecule has 68 heavy (non-hydrogen) atoms. The van der Waals surface area contributed by atoms with Crippen molar-refractivity contribution in [1.82, 2.24) is 47.9 Å². The lowest BCUT2D eigenvalue weighted by molar-refractivity contribution is -0.142. The van der Waals surface area contributed by atoms with Gasteiger partial charge in [-0.3, -0.25) is 44.4 Å². The van der Waals surface area contributed by atoms with Crippen LogP contribution < -0.4 is 76.5 Å². The zero-order valence-corrected chi connectivity index (χ0v) is 39.1. The molecule has 22 N–H and O–H groups in total. The Balaban J connectivity index is 3.05. The van der Waals surface area contributed by atoms with Crippen LogP contribution >= 0.6 is 0 Å². The third-order valence-electron chi connectivity index (χ3n) is 10.4. The van der Waals surface area contributed by atoms with Crippen LogP contribution in [0.15, 0.2) is 30.3 Å². The third-order valence-corrected chi connectivity index (χ3v) is 10.4. The predicted octanol–water partition coefficient (Wildman–Crippen LogP) is -3.73. The van der Waals surface area contributed by atoms with E-state index in [0.717, 1.165) is 5.56 Å². The zero-order chi connectivity index (χ0) is 50.9. The van der Waals surface area contributed by atoms with Gasteiger partial charge in [-0.15, -0.1) is 0 Å². The Morgan fingerprint density at radius 3 is 1.43 bits per heavy atom. The van der Waals surface area contributed by atoms with Crippen LogP contribution in [0, 0.1) is 10.8 Å². The van der Waals surface area contributed by atoms with E-state index in [9.17, 15) is 43.5 Å². The Labute approximate surface area is 397 Å². The van der Waals surface area contributed by atoms with Crippen LogP contribution in [0.1, 0.15) is 96.0 Å². The van der Waals surface area contributed by atoms with Crippen LogP contribution in [0.2, 0.25) is 0 Å². The predicted molar refractivity (Wildman–Crippen MR) is 255 cm³/mol. The van der Waals surface area contributed by atoms with Crippen LogP contribution in [0.4, 0.5) is 0 Å². The molecular formula is C43H76N16O9. The van der Waals surface area contributed by atoms with Crippen molar-refractivity contribution in [3.63, 3.8) is 0 Å². The summed E-state index contributed by atoms with van der Waals surface area (Å²) in [6, 6.07) is 2.16. The van der Waals surface area contributed by atoms with Crippen LogP contribution in [0.5, 0.6) is 0 Å². The second kappa shape index (κ2) is 34.7. The quantitative estimate of drug-likeness (QED) is 0.0175. The fourth-order valence-electron chi connectivity index (χ4n) is 6.62. The van der Waals surface area contributed by atoms with Gasteiger partial charge >= 0.3 is 5.97 Å². The molecule has 0 radical (unpaired) electrons. The van der Waals surface area contributed by atoms with E-state index in [0.29, 0.717) is 58.0 Å². The van der Waals surface area contributed by atoms with Crippen LogP contribution in [-0.4, -0.2) is 140 Å². The summed E-state index contributed by atoms with van der Waals surface area (Å²) in [6.07, 6.45) is 4.37. The van der Waals surface area contributed by atoms with Crippen LogP contribution in [0.3, 0.4) is 0 Å². The molecule has 1 aromatic rings. The normalized spacial score (nSPS) is 13.4. The number of carbonyl (C=O) groups excluding carboxylic acids is 7. The van der Waals surface area contributed by atoms with Crippen molar-refractivity contribution in [2.75, 3.05) is 39.3 Å². The van der Waals surface area contributed by atoms with Gasteiger partial charge in [0.1, 0.15) is 30.2 Å². The molecule has 0 fully saturated rings. The second-order valence-corrected chi connectivity index (χ2v) is 16.2. The highest BCUT2D eigenvalue weighted by molar-refractivity contribution is 5.96. The fraction of sp³-hybridized carbons (Fsp3) is 0.628. The van der Waals surface area contributed by atoms with Gasteiger partial charge in [0.2, 0.25) is 41.4 Å². The average molecular weight is 961 g/mol. The van der Waals surface area contributed by atoms with Crippen molar-refractivity contribution in [1.29, 1.82) is 10.8 Å². The molecule has 0 aliphatic rings. The molecule has 0 saturated carbocycles. The van der Waals surface area contributed by atoms with Crippen molar-refractivity contribution in [2.45, 2.75) is 133 Å². The van der Waals surface area contributed by atoms with E-state index in [1.165, 1.54) is 0 Å². The van der Waals surface area contributed by atoms with Gasteiger partial charge in [-0.05, 0) is 95.7 Å². The van der Waals surface area contributed by atoms with Gasteiger partial charge in [0.15, 0.2) is 11.9 Å². The first-order valence-electron chi connectivity index (χ1n) is 23.1. The number of carbonyl (C=O) groups is 8. The smallest absolute Gasteiger partial charge is 0.326 e. The number of aliphatic carboxylic acids is 1. The molecule has 0 unspecified atom stereocenters. The molecule has 0 aromatic heterocycles. The monoisotopic (exact) mass is 961 g/mol. The number of unbranched alkanes of at least 4 members (excludes halogenated alkanes) is 3. The number of amides is 7. The standard InChI is InChI=1S/C43H76N16O9/c1-2-3-15-33(41(67)68)59-40(66)31(17-8-10-21-45)58-38(64)30(18-11-22-51-42(47)48)55-35(61)26-53-34(60)25-54-37(63)29(16-7-9-20-44)57-39(65)32(19-12-23-52-43(49)50)56-36(62)28(46)24-27-13-5-4-6-14-27/h4-6,13-14,28-33H,2-3,7-12,15-26,44-46H2,1H3,(H,53,60)(H,54,63)(H,55,61)(H,56,62)(H,57,65)(H,58,64)(H,59,66)(H,67,68)(H4,47,48,51)(H4,49,50,52)/t28-,29-,30-,31-,32-,33-/m0/s1. The number of rotatable bonds is 36. The van der Waals surface area contributed by atoms with Crippen molar-refractivity contribution < 1.29 is 43.5 Å². The molecule has 6 atom stereocenters. The summed E-state index contributed by atoms with van der Waals surface area (Å²) < 4.78 is 0. The molecule has 382 valence electrons. The maximum atomic E-state index is 13.7. The summed E-state index contributed by atoms with van der Waals surface area (Å²) in [5.41, 5.74) is 29.0. The molecule has 25 heteroatoms. The first kappa shape index (κ1) is 59.4. The van der Waals surface area contributed by atoms with Crippen molar-refractivity contribution in [3.8, 4) is 0 Å². The molecule has 0 spiro atoms. The minimum absolute atomic E-state index is 0.00481. The highest BCUT2D eigenvalue weighted by atomic mass is 16.4. The van der Waals surface area contributed by atoms with Crippen LogP contribution in [0.25, 0.3) is 0 Å². The lowest BCUT2D eigenvalue weighted by atomic mass is 10.0. The Hall–Kier alpha value is -6.60. The molecule has 0 heterocycles. The topological polar surface area (TPSA) is 443 Å². The first-order chi connectivity index (χ1) is 32.4. The summed E-state index contributed by atoms with van der Waals surface area (Å²) in [5.74, 6) is -6.94. The fourth-order valence-corrected chi connectivity index (χ4v) is 6.62. The molecule has 0 aliphatic heterocycles. The highest BCUT2D eigenvalue weighted by Crippen LogP contribution is 2.09. The number of guanidine groups is 2. The van der Waals surface area contributed by atoms with Crippen molar-refractivity contribution in [3.05, 3.63) is 35.9 Å². The van der Waals surface area contributed by atoms with Crippen molar-refractivity contribution in [2.24, 2.45) is 28.7 Å². The molecule has 7 amide bonds. The summed E-state index contributed by atoms with van der Waals surface area (Å²) in [6.45, 7) is 1.63. The number of carboxylic acid groups (broad SMARTS) is 1. The summed E-state index contributed by atoms with van der Waals surface area (Å²) in [4.78, 5) is 105. The van der Waals surface area contributed by atoms with Gasteiger partial charge in [-0.25, -0.2) is 4.79 Å². The largest absolute Gasteiger partial charge is 0.480 e. The van der Waals surface area contributed by atoms with Crippen LogP contribution in [-0.2, 0) is 44.8 Å². The lowest BCUT2D eigenvalue weighted by Crippen LogP contribution is -2.57. The lowest BCUT2D eigenvalue weighted by Gasteiger charge is -2.25. The van der Waals surface area contributed by atoms with E-state index in [4.69, 9.17) is 39.5 Å². The summed E-state index contributed by atoms with van der Waals surface area (Å²) in [5, 5.41) is 47.5. The minimum Gasteiger partial charge on any atom is -0.480 e. The number of hydrogen-bond acceptors (Lipinski definition) is 13. The molecule has 1 rings (SSSR count). The molecule has 0 aliphatic carbocycles. The number of nitrogens with one attached hydrogen (secondary N) is 11. The second-order valence-electron chi connectivity index (χ2n) is 16.2. The Bertz CT molecular complexity index is 1770. The Morgan fingerprint density at radius 1 is 0.529 bits per heavy atom. The van der Waals surface area contributed by atoms with E-state index < -0.39 is 96.7 Å². The molecule has 0 saturated heterocycles. The van der Waals surface area contributed by atoms with Gasteiger partial charge in [-0.2, -0.15) is 0 Å². The number of benzene rings is 1. The summed E-state index contributed by atoms with van der Waals surface area (Å²) in [7, 11) is 0. The Morgan fingerprint density at radius 2 is 0.956 bits per heavy atom. The van der Waals surface area contributed by atoms with Gasteiger partial charge in [0, 0.05) is 13.1 Å². The molecular weight excluding hydrogens is 885 g/mol. The number of nitrogens with two attached hydrogens (primary N) is 5. The first-order valence-corrected chi connectivity index (χ1v) is 23.1. The number of carboxylic acids is 1. The minimum atomic E-state index is -1.25. The van der Waals surface area contributed by atoms with Gasteiger partial charge < -0.3 is 81.6 Å². The summed E-state index contributed by atoms with van der Waals surface area (Å²) >= 11 is 0. The van der Waals surface area contributed by atoms with Gasteiger partial charge in [-0.1, -0.05) is 50.1 Å². The van der Waals surface area contributed by atoms with Gasteiger partial charge in [0.25, 0.3) is 0 Å². The van der Waals surface area contributed by atoms with E-state index in [-0.39, 0.29) is 70.0 Å². The SMILES string of the molecule is CCCC[C@H](NC(=O)[C@H](CCCCN)NC(=O)[C@H](CCCNC(=N)N)NC(=O)CNC(=O)CNC(=O)[C@H](CCCCN)NC(=O)[C@H](CCCNC(=N)N)NC(=O)[C@@H](N)Cc1ccccc1)C(=O)O. The number of hydrogen-bond donors (Lipinski definition) is 17. The average Bonchev–Trinajstić information content (AvgIpc) is 3.29. The van der Waals surface area contributed by atoms with E-state index in [1.807, 2.05) is 25.1 Å². The highest BCUT2D eigenvalue weighted by Gasteiger charge is 2.31. The van der Waals surface area contributed by atoms with E-state index >= 15 is 0 Å². The van der Waals surface area contributed by atoms with Gasteiger partial charge in [0.05, 0.1) is 19.1 Å². The third kappa shape index (κ3) is 26.5. The Kier molecular flexibility index (Phi) is 30.3. The maximum absolute atomic E-state index is 13.7. The molecule has 1 aromatic carbocycles. The molecule has 0 bridgehead atoms. The van der Waals surface area contributed by atoms with E-state index in [1.54, 1.807) is 12.1 Å². The van der Waals surface area contributed by atoms with Crippen molar-refractivity contribution >= 4 is 59.2 Å². The maximum Gasteiger partial charge on any atom is 0.326 e. The molecule has 25 nitrogen and oxygen atoms in total. The van der Waals surface area contributed by atoms with E-state index in [2.05, 4.69) is 47.9 Å². The zero-order valence-electron chi connectivity index (χ0n) is 39.1.